The number of carbonyl (C=O) groups is 2. The molecule has 0 spiro atoms. The van der Waals surface area contributed by atoms with Gasteiger partial charge in [0.05, 0.1) is 12.6 Å². The van der Waals surface area contributed by atoms with E-state index in [-0.39, 0.29) is 17.9 Å². The van der Waals surface area contributed by atoms with Crippen molar-refractivity contribution >= 4 is 17.5 Å². The highest BCUT2D eigenvalue weighted by Crippen LogP contribution is 2.24. The van der Waals surface area contributed by atoms with Gasteiger partial charge < -0.3 is 10.2 Å². The number of piperazine rings is 1. The number of amides is 2. The molecule has 1 aromatic rings. The van der Waals surface area contributed by atoms with E-state index < -0.39 is 0 Å². The van der Waals surface area contributed by atoms with E-state index in [0.717, 1.165) is 56.7 Å². The summed E-state index contributed by atoms with van der Waals surface area (Å²) < 4.78 is 0. The molecule has 2 saturated heterocycles. The number of piperidine rings is 1. The van der Waals surface area contributed by atoms with Crippen LogP contribution in [0.3, 0.4) is 0 Å². The molecular weight excluding hydrogens is 376 g/mol. The van der Waals surface area contributed by atoms with Crippen LogP contribution in [0.25, 0.3) is 0 Å². The Morgan fingerprint density at radius 3 is 2.33 bits per heavy atom. The highest BCUT2D eigenvalue weighted by molar-refractivity contribution is 5.93. The monoisotopic (exact) mass is 414 g/mol. The van der Waals surface area contributed by atoms with Gasteiger partial charge in [-0.25, -0.2) is 0 Å². The van der Waals surface area contributed by atoms with Gasteiger partial charge in [0.1, 0.15) is 0 Å². The lowest BCUT2D eigenvalue weighted by atomic mass is 9.96. The third-order valence-electron chi connectivity index (χ3n) is 6.80. The minimum absolute atomic E-state index is 0.0319. The Kier molecular flexibility index (Phi) is 7.89. The fourth-order valence-corrected chi connectivity index (χ4v) is 4.88. The van der Waals surface area contributed by atoms with Crippen molar-refractivity contribution in [2.75, 3.05) is 38.0 Å². The van der Waals surface area contributed by atoms with Crippen molar-refractivity contribution in [2.24, 2.45) is 0 Å². The molecule has 6 heteroatoms. The van der Waals surface area contributed by atoms with Crippen LogP contribution in [0.15, 0.2) is 24.3 Å². The summed E-state index contributed by atoms with van der Waals surface area (Å²) in [5, 5.41) is 3.06. The van der Waals surface area contributed by atoms with Gasteiger partial charge in [0.15, 0.2) is 0 Å². The van der Waals surface area contributed by atoms with Crippen LogP contribution >= 0.6 is 0 Å². The maximum Gasteiger partial charge on any atom is 0.240 e. The fourth-order valence-electron chi connectivity index (χ4n) is 4.88. The van der Waals surface area contributed by atoms with Gasteiger partial charge in [-0.3, -0.25) is 19.4 Å². The second-order valence-electron chi connectivity index (χ2n) is 8.92. The molecule has 0 bridgehead atoms. The number of nitrogens with one attached hydrogen (secondary N) is 1. The Morgan fingerprint density at radius 2 is 1.70 bits per heavy atom. The van der Waals surface area contributed by atoms with Crippen molar-refractivity contribution < 1.29 is 9.59 Å². The Bertz CT molecular complexity index is 720. The summed E-state index contributed by atoms with van der Waals surface area (Å²) in [4.78, 5) is 32.2. The van der Waals surface area contributed by atoms with E-state index in [2.05, 4.69) is 46.9 Å². The molecule has 2 aliphatic rings. The first-order chi connectivity index (χ1) is 14.4. The van der Waals surface area contributed by atoms with Crippen LogP contribution in [0, 0.1) is 0 Å². The molecule has 3 atom stereocenters. The molecule has 6 nitrogen and oxygen atoms in total. The first kappa shape index (κ1) is 22.8. The summed E-state index contributed by atoms with van der Waals surface area (Å²) in [5.74, 6) is 0.293. The molecule has 0 saturated carbocycles. The zero-order valence-corrected chi connectivity index (χ0v) is 19.1. The summed E-state index contributed by atoms with van der Waals surface area (Å²) >= 11 is 0. The van der Waals surface area contributed by atoms with E-state index in [9.17, 15) is 9.59 Å². The van der Waals surface area contributed by atoms with Gasteiger partial charge in [-0.05, 0) is 58.1 Å². The minimum Gasteiger partial charge on any atom is -0.336 e. The number of rotatable bonds is 6. The van der Waals surface area contributed by atoms with Crippen molar-refractivity contribution in [3.63, 3.8) is 0 Å². The van der Waals surface area contributed by atoms with Crippen molar-refractivity contribution in [3.8, 4) is 0 Å². The molecule has 0 aliphatic carbocycles. The molecular formula is C24H38N4O2. The van der Waals surface area contributed by atoms with Crippen LogP contribution in [0.4, 0.5) is 5.69 Å². The van der Waals surface area contributed by atoms with Crippen molar-refractivity contribution in [1.82, 2.24) is 14.7 Å². The van der Waals surface area contributed by atoms with Crippen LogP contribution in [-0.2, 0) is 16.0 Å². The van der Waals surface area contributed by atoms with Gasteiger partial charge in [-0.2, -0.15) is 0 Å². The largest absolute Gasteiger partial charge is 0.336 e. The standard InChI is InChI=1S/C24H38N4O2/c1-5-21-11-6-7-12-22(21)25-23(29)17-26-13-15-27(16-14-26)20(4)24(30)28-18(2)9-8-10-19(28)3/h6-7,11-12,18-20H,5,8-10,13-17H2,1-4H3,(H,25,29)/t18-,19+,20-/m0/s1. The average molecular weight is 415 g/mol. The number of carbonyl (C=O) groups excluding carboxylic acids is 2. The third kappa shape index (κ3) is 5.41. The molecule has 0 unspecified atom stereocenters. The predicted molar refractivity (Wildman–Crippen MR) is 122 cm³/mol. The Labute approximate surface area is 181 Å². The number of anilines is 1. The number of hydrogen-bond acceptors (Lipinski definition) is 4. The predicted octanol–water partition coefficient (Wildman–Crippen LogP) is 2.98. The van der Waals surface area contributed by atoms with Crippen LogP contribution in [0.2, 0.25) is 0 Å². The third-order valence-corrected chi connectivity index (χ3v) is 6.80. The number of benzene rings is 1. The Hall–Kier alpha value is -1.92. The van der Waals surface area contributed by atoms with Gasteiger partial charge in [-0.1, -0.05) is 25.1 Å². The van der Waals surface area contributed by atoms with Gasteiger partial charge in [-0.15, -0.1) is 0 Å². The molecule has 2 aliphatic heterocycles. The van der Waals surface area contributed by atoms with Gasteiger partial charge in [0, 0.05) is 44.0 Å². The zero-order chi connectivity index (χ0) is 21.7. The first-order valence-electron chi connectivity index (χ1n) is 11.6. The lowest BCUT2D eigenvalue weighted by Gasteiger charge is -2.44. The van der Waals surface area contributed by atoms with E-state index in [0.29, 0.717) is 18.6 Å². The molecule has 3 rings (SSSR count). The number of aryl methyl sites for hydroxylation is 1. The number of para-hydroxylation sites is 1. The number of nitrogens with zero attached hydrogens (tertiary/aromatic N) is 3. The summed E-state index contributed by atoms with van der Waals surface area (Å²) in [6, 6.07) is 8.54. The van der Waals surface area contributed by atoms with Crippen molar-refractivity contribution in [2.45, 2.75) is 71.5 Å². The van der Waals surface area contributed by atoms with Crippen LogP contribution in [-0.4, -0.2) is 77.4 Å². The molecule has 30 heavy (non-hydrogen) atoms. The SMILES string of the molecule is CCc1ccccc1NC(=O)CN1CCN([C@@H](C)C(=O)N2[C@H](C)CCC[C@@H]2C)CC1. The summed E-state index contributed by atoms with van der Waals surface area (Å²) in [5.41, 5.74) is 2.07. The topological polar surface area (TPSA) is 55.9 Å². The molecule has 2 amide bonds. The highest BCUT2D eigenvalue weighted by atomic mass is 16.2. The number of likely N-dealkylation sites (tertiary alicyclic amines) is 1. The van der Waals surface area contributed by atoms with E-state index in [4.69, 9.17) is 0 Å². The van der Waals surface area contributed by atoms with Gasteiger partial charge >= 0.3 is 0 Å². The van der Waals surface area contributed by atoms with E-state index >= 15 is 0 Å². The second kappa shape index (κ2) is 10.4. The fraction of sp³-hybridized carbons (Fsp3) is 0.667. The Balaban J connectivity index is 1.48. The lowest BCUT2D eigenvalue weighted by molar-refractivity contribution is -0.143. The van der Waals surface area contributed by atoms with Crippen LogP contribution in [0.5, 0.6) is 0 Å². The summed E-state index contributed by atoms with van der Waals surface area (Å²) in [6.45, 7) is 12.1. The van der Waals surface area contributed by atoms with E-state index in [1.807, 2.05) is 25.1 Å². The van der Waals surface area contributed by atoms with E-state index in [1.165, 1.54) is 6.42 Å². The Morgan fingerprint density at radius 1 is 1.07 bits per heavy atom. The normalized spacial score (nSPS) is 24.5. The molecule has 2 heterocycles. The molecule has 166 valence electrons. The summed E-state index contributed by atoms with van der Waals surface area (Å²) in [6.07, 6.45) is 4.32. The number of hydrogen-bond donors (Lipinski definition) is 1. The summed E-state index contributed by atoms with van der Waals surface area (Å²) in [7, 11) is 0. The first-order valence-corrected chi connectivity index (χ1v) is 11.6. The minimum atomic E-state index is -0.0968. The molecule has 1 N–H and O–H groups in total. The smallest absolute Gasteiger partial charge is 0.240 e. The van der Waals surface area contributed by atoms with Crippen molar-refractivity contribution in [3.05, 3.63) is 29.8 Å². The van der Waals surface area contributed by atoms with E-state index in [1.54, 1.807) is 0 Å². The van der Waals surface area contributed by atoms with Gasteiger partial charge in [0.2, 0.25) is 11.8 Å². The van der Waals surface area contributed by atoms with Crippen LogP contribution < -0.4 is 5.32 Å². The average Bonchev–Trinajstić information content (AvgIpc) is 2.74. The maximum absolute atomic E-state index is 13.1. The zero-order valence-electron chi connectivity index (χ0n) is 19.1. The van der Waals surface area contributed by atoms with Crippen molar-refractivity contribution in [1.29, 1.82) is 0 Å². The molecule has 0 radical (unpaired) electrons. The molecule has 2 fully saturated rings. The maximum atomic E-state index is 13.1. The highest BCUT2D eigenvalue weighted by Gasteiger charge is 2.35. The lowest BCUT2D eigenvalue weighted by Crippen LogP contribution is -2.58. The second-order valence-corrected chi connectivity index (χ2v) is 8.92. The van der Waals surface area contributed by atoms with Gasteiger partial charge in [0.25, 0.3) is 0 Å². The van der Waals surface area contributed by atoms with Crippen LogP contribution in [0.1, 0.15) is 52.5 Å². The molecule has 1 aromatic carbocycles. The quantitative estimate of drug-likeness (QED) is 0.778. The molecule has 0 aromatic heterocycles.